The minimum absolute atomic E-state index is 0.844. The lowest BCUT2D eigenvalue weighted by Gasteiger charge is -2.44. The van der Waals surface area contributed by atoms with Crippen LogP contribution in [-0.2, 0) is 4.74 Å². The maximum Gasteiger partial charge on any atom is 0.200 e. The van der Waals surface area contributed by atoms with Gasteiger partial charge in [-0.2, -0.15) is 0 Å². The molecule has 0 aliphatic rings. The highest BCUT2D eigenvalue weighted by Crippen LogP contribution is 2.30. The van der Waals surface area contributed by atoms with E-state index in [1.54, 1.807) is 0 Å². The van der Waals surface area contributed by atoms with Crippen LogP contribution in [0.3, 0.4) is 0 Å². The summed E-state index contributed by atoms with van der Waals surface area (Å²) in [6, 6.07) is 0. The average Bonchev–Trinajstić information content (AvgIpc) is 3.08. The highest BCUT2D eigenvalue weighted by atomic mass is 19.2. The van der Waals surface area contributed by atoms with Crippen molar-refractivity contribution in [3.05, 3.63) is 116 Å². The quantitative estimate of drug-likeness (QED) is 0.0904. The fourth-order valence-corrected chi connectivity index (χ4v) is 5.08. The molecule has 0 aromatic heterocycles. The molecule has 22 heteroatoms. The number of benzene rings is 4. The number of rotatable bonds is 6. The summed E-state index contributed by atoms with van der Waals surface area (Å²) in [5.74, 6) is -71.4. The Hall–Kier alpha value is -4.50. The molecular weight excluding hydrogens is 743 g/mol. The van der Waals surface area contributed by atoms with Crippen LogP contribution in [0.1, 0.15) is 13.8 Å². The van der Waals surface area contributed by atoms with E-state index in [-0.39, 0.29) is 0 Å². The second-order valence-electron chi connectivity index (χ2n) is 9.58. The van der Waals surface area contributed by atoms with Gasteiger partial charge in [0.05, 0.1) is 0 Å². The van der Waals surface area contributed by atoms with Crippen LogP contribution in [0.15, 0.2) is 0 Å². The maximum absolute atomic E-state index is 15.4. The van der Waals surface area contributed by atoms with Gasteiger partial charge in [-0.3, -0.25) is 0 Å². The molecule has 272 valence electrons. The van der Waals surface area contributed by atoms with Gasteiger partial charge in [0.15, 0.2) is 69.8 Å². The van der Waals surface area contributed by atoms with Crippen LogP contribution in [0.4, 0.5) is 87.8 Å². The molecule has 0 saturated carbocycles. The van der Waals surface area contributed by atoms with E-state index in [9.17, 15) is 52.7 Å². The maximum atomic E-state index is 15.4. The molecule has 0 spiro atoms. The van der Waals surface area contributed by atoms with Crippen LogP contribution in [0.25, 0.3) is 0 Å². The lowest BCUT2D eigenvalue weighted by molar-refractivity contribution is 0.162. The van der Waals surface area contributed by atoms with E-state index < -0.39 is 144 Å². The van der Waals surface area contributed by atoms with Crippen molar-refractivity contribution in [3.8, 4) is 0 Å². The van der Waals surface area contributed by atoms with Crippen LogP contribution in [0, 0.1) is 116 Å². The van der Waals surface area contributed by atoms with Crippen LogP contribution < -0.4 is 21.9 Å². The second kappa shape index (κ2) is 14.4. The third-order valence-corrected chi connectivity index (χ3v) is 7.12. The molecule has 50 heavy (non-hydrogen) atoms. The monoisotopic (exact) mass is 753 g/mol. The van der Waals surface area contributed by atoms with Crippen molar-refractivity contribution < 1.29 is 92.5 Å². The molecule has 0 fully saturated rings. The average molecular weight is 753 g/mol. The largest absolute Gasteiger partial charge is 0.382 e. The first kappa shape index (κ1) is 39.9. The summed E-state index contributed by atoms with van der Waals surface area (Å²) in [4.78, 5) is 0. The van der Waals surface area contributed by atoms with Crippen molar-refractivity contribution in [1.29, 1.82) is 0 Å². The molecule has 0 N–H and O–H groups in total. The Kier molecular flexibility index (Phi) is 11.5. The molecule has 0 aliphatic heterocycles. The van der Waals surface area contributed by atoms with E-state index in [0.29, 0.717) is 0 Å². The molecule has 4 rings (SSSR count). The van der Waals surface area contributed by atoms with E-state index in [4.69, 9.17) is 4.74 Å². The van der Waals surface area contributed by atoms with Gasteiger partial charge in [0.2, 0.25) is 0 Å². The lowest BCUT2D eigenvalue weighted by atomic mass is 9.12. The van der Waals surface area contributed by atoms with Crippen molar-refractivity contribution in [2.75, 3.05) is 13.2 Å². The molecule has 0 heterocycles. The summed E-state index contributed by atoms with van der Waals surface area (Å²) in [5, 5.41) is 0. The molecule has 4 aromatic carbocycles. The van der Waals surface area contributed by atoms with Gasteiger partial charge >= 0.3 is 0 Å². The summed E-state index contributed by atoms with van der Waals surface area (Å²) in [6.45, 7) is 5.67. The molecule has 0 unspecified atom stereocenters. The molecule has 0 bridgehead atoms. The topological polar surface area (TPSA) is 9.23 Å². The number of hydrogen-bond acceptors (Lipinski definition) is 1. The Bertz CT molecular complexity index is 1630. The Morgan fingerprint density at radius 1 is 0.260 bits per heavy atom. The Morgan fingerprint density at radius 3 is 0.480 bits per heavy atom. The molecule has 0 amide bonds. The summed E-state index contributed by atoms with van der Waals surface area (Å²) in [7, 11) is 0. The van der Waals surface area contributed by atoms with Gasteiger partial charge in [0, 0.05) is 13.2 Å². The van der Waals surface area contributed by atoms with Gasteiger partial charge < -0.3 is 4.74 Å². The first-order valence-electron chi connectivity index (χ1n) is 12.9. The predicted octanol–water partition coefficient (Wildman–Crippen LogP) is 6.89. The lowest BCUT2D eigenvalue weighted by Crippen LogP contribution is -2.81. The van der Waals surface area contributed by atoms with Crippen LogP contribution in [-0.4, -0.2) is 19.4 Å². The SMILES string of the molecule is CCOCC.Fc1c(F)c(F)c([B-](c2c(F)c(F)c(F)c(F)c2F)(c2c(F)c(F)c(F)c(F)c2F)c2c(F)c(F)c(F)c(F)c2F)c(F)c1F. The molecule has 0 radical (unpaired) electrons. The zero-order valence-corrected chi connectivity index (χ0v) is 24.0. The normalized spacial score (nSPS) is 11.6. The van der Waals surface area contributed by atoms with E-state index in [2.05, 4.69) is 0 Å². The van der Waals surface area contributed by atoms with Crippen LogP contribution in [0.5, 0.6) is 0 Å². The van der Waals surface area contributed by atoms with Crippen molar-refractivity contribution in [1.82, 2.24) is 0 Å². The highest BCUT2D eigenvalue weighted by molar-refractivity contribution is 7.20. The summed E-state index contributed by atoms with van der Waals surface area (Å²) in [6.07, 6.45) is -7.22. The predicted molar refractivity (Wildman–Crippen MR) is 131 cm³/mol. The summed E-state index contributed by atoms with van der Waals surface area (Å²) >= 11 is 0. The van der Waals surface area contributed by atoms with Crippen LogP contribution >= 0.6 is 0 Å². The first-order valence-corrected chi connectivity index (χ1v) is 12.9. The fraction of sp³-hybridized carbons (Fsp3) is 0.143. The minimum Gasteiger partial charge on any atom is -0.382 e. The fourth-order valence-electron chi connectivity index (χ4n) is 5.08. The van der Waals surface area contributed by atoms with Gasteiger partial charge in [-0.05, 0) is 13.8 Å². The van der Waals surface area contributed by atoms with Gasteiger partial charge in [-0.15, -0.1) is 21.9 Å². The van der Waals surface area contributed by atoms with Crippen molar-refractivity contribution in [2.45, 2.75) is 13.8 Å². The third-order valence-electron chi connectivity index (χ3n) is 7.12. The van der Waals surface area contributed by atoms with E-state index in [1.807, 2.05) is 13.8 Å². The first-order chi connectivity index (χ1) is 23.1. The minimum atomic E-state index is -7.22. The molecule has 4 aromatic rings. The van der Waals surface area contributed by atoms with Gasteiger partial charge in [0.1, 0.15) is 52.7 Å². The van der Waals surface area contributed by atoms with Gasteiger partial charge in [-0.25, -0.2) is 87.8 Å². The standard InChI is InChI=1S/C24BF20.C4H10O/c26-5-1(6(27)14(35)21(42)13(5)34)25(2-7(28)15(36)22(43)16(37)8(2)29,3-9(30)17(38)23(44)18(39)10(3)31)4-11(32)19(40)24(45)20(41)12(4)33;1-3-5-4-2/h;3-4H2,1-2H3/q-1;. The Labute approximate surface area is 264 Å². The van der Waals surface area contributed by atoms with Crippen molar-refractivity contribution in [2.24, 2.45) is 0 Å². The zero-order chi connectivity index (χ0) is 38.5. The molecular formula is C28H10BF20O-. The van der Waals surface area contributed by atoms with E-state index in [1.165, 1.54) is 0 Å². The van der Waals surface area contributed by atoms with Crippen molar-refractivity contribution >= 4 is 28.0 Å². The molecule has 0 aliphatic carbocycles. The number of ether oxygens (including phenoxy) is 1. The summed E-state index contributed by atoms with van der Waals surface area (Å²) < 4.78 is 299. The van der Waals surface area contributed by atoms with Gasteiger partial charge in [0.25, 0.3) is 0 Å². The number of hydrogen-bond donors (Lipinski definition) is 0. The molecule has 1 nitrogen and oxygen atoms in total. The number of halogens is 20. The Balaban J connectivity index is 0.00000126. The smallest absolute Gasteiger partial charge is 0.200 e. The highest BCUT2D eigenvalue weighted by Gasteiger charge is 2.52. The zero-order valence-electron chi connectivity index (χ0n) is 24.0. The Morgan fingerprint density at radius 2 is 0.380 bits per heavy atom. The van der Waals surface area contributed by atoms with Crippen molar-refractivity contribution in [3.63, 3.8) is 0 Å². The molecule has 0 atom stereocenters. The van der Waals surface area contributed by atoms with Gasteiger partial charge in [-0.1, -0.05) is 0 Å². The summed E-state index contributed by atoms with van der Waals surface area (Å²) in [5.41, 5.74) is -14.3. The van der Waals surface area contributed by atoms with Crippen LogP contribution in [0.2, 0.25) is 0 Å². The second-order valence-corrected chi connectivity index (χ2v) is 9.58. The van der Waals surface area contributed by atoms with E-state index in [0.717, 1.165) is 13.2 Å². The third kappa shape index (κ3) is 5.69. The molecule has 0 saturated heterocycles. The van der Waals surface area contributed by atoms with E-state index >= 15 is 35.1 Å².